The monoisotopic (exact) mass is 301 g/mol. The van der Waals surface area contributed by atoms with Crippen LogP contribution in [0.5, 0.6) is 0 Å². The van der Waals surface area contributed by atoms with Crippen molar-refractivity contribution in [2.75, 3.05) is 5.33 Å². The SMILES string of the molecule is OC(CCBr)C(O)c1cccc(N=C=S)c1. The Hall–Kier alpha value is -0.580. The van der Waals surface area contributed by atoms with Crippen LogP contribution in [-0.4, -0.2) is 26.8 Å². The second-order valence-corrected chi connectivity index (χ2v) is 4.26. The third kappa shape index (κ3) is 3.77. The fourth-order valence-corrected chi connectivity index (χ4v) is 1.90. The van der Waals surface area contributed by atoms with E-state index < -0.39 is 12.2 Å². The normalized spacial score (nSPS) is 13.9. The first-order valence-electron chi connectivity index (χ1n) is 4.79. The smallest absolute Gasteiger partial charge is 0.105 e. The lowest BCUT2D eigenvalue weighted by atomic mass is 10.0. The van der Waals surface area contributed by atoms with Crippen molar-refractivity contribution in [3.05, 3.63) is 29.8 Å². The Labute approximate surface area is 108 Å². The molecule has 0 aromatic heterocycles. The zero-order chi connectivity index (χ0) is 12.0. The average molecular weight is 302 g/mol. The van der Waals surface area contributed by atoms with Gasteiger partial charge in [-0.25, -0.2) is 0 Å². The summed E-state index contributed by atoms with van der Waals surface area (Å²) in [5, 5.41) is 22.4. The van der Waals surface area contributed by atoms with Crippen molar-refractivity contribution in [3.8, 4) is 0 Å². The molecule has 0 amide bonds. The highest BCUT2D eigenvalue weighted by atomic mass is 79.9. The van der Waals surface area contributed by atoms with Crippen molar-refractivity contribution in [1.29, 1.82) is 0 Å². The molecule has 16 heavy (non-hydrogen) atoms. The van der Waals surface area contributed by atoms with E-state index in [1.165, 1.54) is 0 Å². The van der Waals surface area contributed by atoms with Crippen LogP contribution in [0.2, 0.25) is 0 Å². The maximum absolute atomic E-state index is 9.85. The molecule has 0 saturated heterocycles. The Balaban J connectivity index is 2.86. The maximum atomic E-state index is 9.85. The lowest BCUT2D eigenvalue weighted by molar-refractivity contribution is 0.0174. The van der Waals surface area contributed by atoms with Crippen LogP contribution < -0.4 is 0 Å². The minimum Gasteiger partial charge on any atom is -0.390 e. The van der Waals surface area contributed by atoms with Gasteiger partial charge in [0.05, 0.1) is 17.0 Å². The number of hydrogen-bond donors (Lipinski definition) is 2. The Morgan fingerprint density at radius 3 is 2.81 bits per heavy atom. The standard InChI is InChI=1S/C11H12BrNO2S/c12-5-4-10(14)11(15)8-2-1-3-9(6-8)13-7-16/h1-3,6,10-11,14-15H,4-5H2. The highest BCUT2D eigenvalue weighted by Crippen LogP contribution is 2.23. The quantitative estimate of drug-likeness (QED) is 0.499. The summed E-state index contributed by atoms with van der Waals surface area (Å²) in [4.78, 5) is 3.82. The van der Waals surface area contributed by atoms with E-state index in [0.717, 1.165) is 0 Å². The minimum atomic E-state index is -0.905. The van der Waals surface area contributed by atoms with E-state index in [4.69, 9.17) is 0 Å². The Bertz CT molecular complexity index is 393. The number of aliphatic hydroxyl groups is 2. The summed E-state index contributed by atoms with van der Waals surface area (Å²) in [6, 6.07) is 6.93. The predicted octanol–water partition coefficient (Wildman–Crippen LogP) is 2.60. The van der Waals surface area contributed by atoms with Crippen LogP contribution in [-0.2, 0) is 0 Å². The second kappa shape index (κ2) is 6.89. The zero-order valence-corrected chi connectivity index (χ0v) is 10.9. The van der Waals surface area contributed by atoms with Gasteiger partial charge in [-0.05, 0) is 36.3 Å². The third-order valence-electron chi connectivity index (χ3n) is 2.16. The molecule has 0 saturated carbocycles. The van der Waals surface area contributed by atoms with Crippen LogP contribution in [0.4, 0.5) is 5.69 Å². The topological polar surface area (TPSA) is 52.8 Å². The molecule has 0 aliphatic carbocycles. The van der Waals surface area contributed by atoms with E-state index in [0.29, 0.717) is 23.0 Å². The third-order valence-corrected chi connectivity index (χ3v) is 2.70. The molecular formula is C11H12BrNO2S. The van der Waals surface area contributed by atoms with Crippen molar-refractivity contribution >= 4 is 39.0 Å². The van der Waals surface area contributed by atoms with E-state index in [1.54, 1.807) is 24.3 Å². The largest absolute Gasteiger partial charge is 0.390 e. The van der Waals surface area contributed by atoms with E-state index in [9.17, 15) is 10.2 Å². The number of halogens is 1. The summed E-state index contributed by atoms with van der Waals surface area (Å²) in [5.41, 5.74) is 1.25. The van der Waals surface area contributed by atoms with Crippen molar-refractivity contribution in [2.24, 2.45) is 4.99 Å². The molecule has 0 heterocycles. The molecule has 0 aliphatic heterocycles. The zero-order valence-electron chi connectivity index (χ0n) is 8.51. The minimum absolute atomic E-state index is 0.488. The molecule has 1 aromatic carbocycles. The number of hydrogen-bond acceptors (Lipinski definition) is 4. The molecule has 2 unspecified atom stereocenters. The predicted molar refractivity (Wildman–Crippen MR) is 70.5 cm³/mol. The van der Waals surface area contributed by atoms with Gasteiger partial charge < -0.3 is 10.2 Å². The summed E-state index contributed by atoms with van der Waals surface area (Å²) in [6.45, 7) is 0. The van der Waals surface area contributed by atoms with Crippen molar-refractivity contribution in [3.63, 3.8) is 0 Å². The Morgan fingerprint density at radius 1 is 1.44 bits per heavy atom. The molecule has 2 N–H and O–H groups in total. The van der Waals surface area contributed by atoms with Gasteiger partial charge in [-0.2, -0.15) is 4.99 Å². The molecule has 2 atom stereocenters. The Kier molecular flexibility index (Phi) is 5.80. The average Bonchev–Trinajstić information content (AvgIpc) is 2.29. The molecule has 0 fully saturated rings. The fraction of sp³-hybridized carbons (Fsp3) is 0.364. The lowest BCUT2D eigenvalue weighted by Crippen LogP contribution is -2.18. The number of rotatable bonds is 5. The first-order valence-corrected chi connectivity index (χ1v) is 6.32. The van der Waals surface area contributed by atoms with Gasteiger partial charge in [0.2, 0.25) is 0 Å². The van der Waals surface area contributed by atoms with Crippen molar-refractivity contribution in [1.82, 2.24) is 0 Å². The summed E-state index contributed by atoms with van der Waals surface area (Å²) >= 11 is 7.72. The first kappa shape index (κ1) is 13.5. The highest BCUT2D eigenvalue weighted by Gasteiger charge is 2.17. The van der Waals surface area contributed by atoms with E-state index in [1.807, 2.05) is 0 Å². The number of nitrogens with zero attached hydrogens (tertiary/aromatic N) is 1. The maximum Gasteiger partial charge on any atom is 0.105 e. The van der Waals surface area contributed by atoms with Crippen molar-refractivity contribution < 1.29 is 10.2 Å². The first-order chi connectivity index (χ1) is 7.69. The van der Waals surface area contributed by atoms with Gasteiger partial charge in [0.15, 0.2) is 0 Å². The van der Waals surface area contributed by atoms with Gasteiger partial charge in [0.25, 0.3) is 0 Å². The summed E-state index contributed by atoms with van der Waals surface area (Å²) in [6.07, 6.45) is -1.20. The van der Waals surface area contributed by atoms with Crippen LogP contribution >= 0.6 is 28.1 Å². The van der Waals surface area contributed by atoms with Gasteiger partial charge in [-0.3, -0.25) is 0 Å². The lowest BCUT2D eigenvalue weighted by Gasteiger charge is -2.17. The number of thiocarbonyl (C=S) groups is 1. The molecule has 1 rings (SSSR count). The fourth-order valence-electron chi connectivity index (χ4n) is 1.32. The molecule has 0 aliphatic rings. The summed E-state index contributed by atoms with van der Waals surface area (Å²) in [5.74, 6) is 0. The van der Waals surface area contributed by atoms with Gasteiger partial charge in [0, 0.05) is 5.33 Å². The molecule has 86 valence electrons. The summed E-state index contributed by atoms with van der Waals surface area (Å²) < 4.78 is 0. The van der Waals surface area contributed by atoms with Gasteiger partial charge in [0.1, 0.15) is 6.10 Å². The van der Waals surface area contributed by atoms with Crippen LogP contribution in [0.3, 0.4) is 0 Å². The molecular weight excluding hydrogens is 290 g/mol. The number of benzene rings is 1. The van der Waals surface area contributed by atoms with Gasteiger partial charge in [-0.15, -0.1) is 0 Å². The van der Waals surface area contributed by atoms with Gasteiger partial charge >= 0.3 is 0 Å². The van der Waals surface area contributed by atoms with Gasteiger partial charge in [-0.1, -0.05) is 28.1 Å². The van der Waals surface area contributed by atoms with E-state index >= 15 is 0 Å². The van der Waals surface area contributed by atoms with Crippen LogP contribution in [0, 0.1) is 0 Å². The van der Waals surface area contributed by atoms with Crippen LogP contribution in [0.1, 0.15) is 18.1 Å². The molecule has 0 spiro atoms. The van der Waals surface area contributed by atoms with Crippen LogP contribution in [0.25, 0.3) is 0 Å². The van der Waals surface area contributed by atoms with E-state index in [-0.39, 0.29) is 0 Å². The Morgan fingerprint density at radius 2 is 2.19 bits per heavy atom. The van der Waals surface area contributed by atoms with E-state index in [2.05, 4.69) is 38.3 Å². The highest BCUT2D eigenvalue weighted by molar-refractivity contribution is 9.09. The molecule has 0 bridgehead atoms. The number of isothiocyanates is 1. The number of alkyl halides is 1. The van der Waals surface area contributed by atoms with Crippen LogP contribution in [0.15, 0.2) is 29.3 Å². The molecule has 1 aromatic rings. The molecule has 0 radical (unpaired) electrons. The molecule has 3 nitrogen and oxygen atoms in total. The number of aliphatic imine (C=N–C) groups is 1. The summed E-state index contributed by atoms with van der Waals surface area (Å²) in [7, 11) is 0. The number of aliphatic hydroxyl groups excluding tert-OH is 2. The van der Waals surface area contributed by atoms with Crippen molar-refractivity contribution in [2.45, 2.75) is 18.6 Å². The molecule has 5 heteroatoms. The second-order valence-electron chi connectivity index (χ2n) is 3.29.